The summed E-state index contributed by atoms with van der Waals surface area (Å²) in [4.78, 5) is 21.3. The number of ether oxygens (including phenoxy) is 2. The highest BCUT2D eigenvalue weighted by molar-refractivity contribution is 5.78. The summed E-state index contributed by atoms with van der Waals surface area (Å²) in [6, 6.07) is 3.46. The van der Waals surface area contributed by atoms with Crippen molar-refractivity contribution in [2.75, 3.05) is 20.3 Å². The van der Waals surface area contributed by atoms with Crippen molar-refractivity contribution in [3.63, 3.8) is 0 Å². The number of rotatable bonds is 7. The third-order valence-electron chi connectivity index (χ3n) is 7.71. The highest BCUT2D eigenvalue weighted by Gasteiger charge is 2.50. The maximum absolute atomic E-state index is 14.8. The molecule has 8 nitrogen and oxygen atoms in total. The van der Waals surface area contributed by atoms with E-state index < -0.39 is 11.6 Å². The summed E-state index contributed by atoms with van der Waals surface area (Å²) >= 11 is 0. The Morgan fingerprint density at radius 2 is 2.03 bits per heavy atom. The van der Waals surface area contributed by atoms with Gasteiger partial charge in [-0.1, -0.05) is 0 Å². The Balaban J connectivity index is 1.34. The van der Waals surface area contributed by atoms with Crippen molar-refractivity contribution in [3.05, 3.63) is 29.7 Å². The van der Waals surface area contributed by atoms with E-state index in [-0.39, 0.29) is 23.6 Å². The van der Waals surface area contributed by atoms with Gasteiger partial charge in [0.25, 0.3) is 0 Å². The zero-order chi connectivity index (χ0) is 22.6. The van der Waals surface area contributed by atoms with E-state index in [9.17, 15) is 14.3 Å². The molecule has 0 aromatic carbocycles. The zero-order valence-electron chi connectivity index (χ0n) is 18.3. The van der Waals surface area contributed by atoms with Crippen LogP contribution in [0.3, 0.4) is 0 Å². The number of hydrogen-bond acceptors (Lipinski definition) is 6. The van der Waals surface area contributed by atoms with Gasteiger partial charge in [-0.05, 0) is 57.4 Å². The van der Waals surface area contributed by atoms with Crippen molar-refractivity contribution in [2.24, 2.45) is 5.73 Å². The van der Waals surface area contributed by atoms with Gasteiger partial charge in [-0.3, -0.25) is 4.98 Å². The minimum Gasteiger partial charge on any atom is -0.475 e. The second-order valence-corrected chi connectivity index (χ2v) is 9.79. The number of aryl methyl sites for hydroxylation is 1. The number of hydrogen-bond donors (Lipinski definition) is 2. The van der Waals surface area contributed by atoms with Crippen molar-refractivity contribution in [3.8, 4) is 5.88 Å². The molecule has 2 bridgehead atoms. The Hall–Kier alpha value is -2.52. The highest BCUT2D eigenvalue weighted by Crippen LogP contribution is 2.45. The summed E-state index contributed by atoms with van der Waals surface area (Å²) in [7, 11) is 1.55. The molecular formula is C23H29FN4O4. The molecule has 0 unspecified atom stereocenters. The van der Waals surface area contributed by atoms with Crippen molar-refractivity contribution < 1.29 is 23.8 Å². The van der Waals surface area contributed by atoms with Gasteiger partial charge >= 0.3 is 6.09 Å². The molecule has 0 atom stereocenters. The first-order chi connectivity index (χ1) is 15.2. The largest absolute Gasteiger partial charge is 0.475 e. The van der Waals surface area contributed by atoms with Crippen LogP contribution in [0, 0.1) is 5.82 Å². The van der Waals surface area contributed by atoms with Gasteiger partial charge in [-0.2, -0.15) is 0 Å². The fraction of sp³-hybridized carbons (Fsp3) is 0.609. The molecule has 0 radical (unpaired) electrons. The normalized spacial score (nSPS) is 28.0. The lowest BCUT2D eigenvalue weighted by molar-refractivity contribution is -0.156. The van der Waals surface area contributed by atoms with Gasteiger partial charge in [0.2, 0.25) is 5.88 Å². The smallest absolute Gasteiger partial charge is 0.407 e. The van der Waals surface area contributed by atoms with Gasteiger partial charge in [-0.15, -0.1) is 0 Å². The quantitative estimate of drug-likeness (QED) is 0.674. The van der Waals surface area contributed by atoms with Crippen LogP contribution in [-0.2, 0) is 11.2 Å². The van der Waals surface area contributed by atoms with Crippen LogP contribution in [0.1, 0.15) is 50.5 Å². The first-order valence-electron chi connectivity index (χ1n) is 11.2. The summed E-state index contributed by atoms with van der Waals surface area (Å²) < 4.78 is 26.8. The minimum absolute atomic E-state index is 0.197. The summed E-state index contributed by atoms with van der Waals surface area (Å²) in [6.07, 6.45) is 6.63. The topological polar surface area (TPSA) is 111 Å². The summed E-state index contributed by atoms with van der Waals surface area (Å²) in [5.41, 5.74) is 6.97. The third-order valence-corrected chi connectivity index (χ3v) is 7.71. The van der Waals surface area contributed by atoms with Crippen LogP contribution >= 0.6 is 0 Å². The molecule has 9 heteroatoms. The number of aromatic nitrogens is 2. The number of nitrogens with zero attached hydrogens (tertiary/aromatic N) is 3. The SMILES string of the molecule is CN(C(=O)O)C1(COc2ccc3ncc(F)c(CCC45CCC(N)(CC4)CO5)c3n2)CC1. The standard InChI is InChI=1S/C23H29FN4O4/c1-28(20(29)30)22(8-9-22)14-31-18-3-2-17-19(27-18)15(16(24)12-26-17)4-5-23-10-6-21(25,7-11-23)13-32-23/h2-3,12H,4-11,13-14,25H2,1H3,(H,29,30). The molecular weight excluding hydrogens is 415 g/mol. The molecule has 4 aliphatic rings. The van der Waals surface area contributed by atoms with Crippen LogP contribution in [-0.4, -0.2) is 63.0 Å². The second kappa shape index (κ2) is 7.52. The van der Waals surface area contributed by atoms with Crippen LogP contribution in [0.25, 0.3) is 11.0 Å². The molecule has 2 aliphatic carbocycles. The number of carboxylic acid groups (broad SMARTS) is 1. The number of halogens is 1. The fourth-order valence-corrected chi connectivity index (χ4v) is 4.99. The number of amides is 1. The molecule has 3 N–H and O–H groups in total. The Morgan fingerprint density at radius 1 is 1.28 bits per heavy atom. The van der Waals surface area contributed by atoms with Crippen molar-refractivity contribution >= 4 is 17.1 Å². The Bertz CT molecular complexity index is 1030. The molecule has 32 heavy (non-hydrogen) atoms. The van der Waals surface area contributed by atoms with E-state index in [1.54, 1.807) is 19.2 Å². The van der Waals surface area contributed by atoms with Crippen molar-refractivity contribution in [2.45, 2.75) is 68.0 Å². The molecule has 4 fully saturated rings. The van der Waals surface area contributed by atoms with Gasteiger partial charge in [0.05, 0.1) is 35.0 Å². The van der Waals surface area contributed by atoms with E-state index in [1.165, 1.54) is 11.1 Å². The minimum atomic E-state index is -0.981. The summed E-state index contributed by atoms with van der Waals surface area (Å²) in [6.45, 7) is 0.777. The Labute approximate surface area is 185 Å². The van der Waals surface area contributed by atoms with Gasteiger partial charge in [-0.25, -0.2) is 14.2 Å². The van der Waals surface area contributed by atoms with E-state index in [0.717, 1.165) is 38.5 Å². The van der Waals surface area contributed by atoms with Crippen LogP contribution in [0.4, 0.5) is 9.18 Å². The van der Waals surface area contributed by atoms with E-state index in [1.807, 2.05) is 0 Å². The van der Waals surface area contributed by atoms with E-state index in [2.05, 4.69) is 9.97 Å². The maximum atomic E-state index is 14.8. The Kier molecular flexibility index (Phi) is 5.01. The molecule has 4 heterocycles. The predicted molar refractivity (Wildman–Crippen MR) is 115 cm³/mol. The van der Waals surface area contributed by atoms with Gasteiger partial charge in [0.15, 0.2) is 0 Å². The monoisotopic (exact) mass is 444 g/mol. The van der Waals surface area contributed by atoms with Crippen LogP contribution in [0.2, 0.25) is 0 Å². The first kappa shape index (κ1) is 21.3. The van der Waals surface area contributed by atoms with Crippen LogP contribution in [0.5, 0.6) is 5.88 Å². The zero-order valence-corrected chi connectivity index (χ0v) is 18.3. The predicted octanol–water partition coefficient (Wildman–Crippen LogP) is 3.26. The van der Waals surface area contributed by atoms with E-state index in [4.69, 9.17) is 15.2 Å². The second-order valence-electron chi connectivity index (χ2n) is 9.79. The van der Waals surface area contributed by atoms with Gasteiger partial charge in [0.1, 0.15) is 12.4 Å². The van der Waals surface area contributed by atoms with Gasteiger partial charge < -0.3 is 25.2 Å². The van der Waals surface area contributed by atoms with Crippen LogP contribution in [0.15, 0.2) is 18.3 Å². The third kappa shape index (κ3) is 3.77. The lowest BCUT2D eigenvalue weighted by atomic mass is 9.70. The number of carbonyl (C=O) groups is 1. The van der Waals surface area contributed by atoms with Crippen molar-refractivity contribution in [1.29, 1.82) is 0 Å². The van der Waals surface area contributed by atoms with Gasteiger partial charge in [0, 0.05) is 24.2 Å². The number of likely N-dealkylation sites (N-methyl/N-ethyl adjacent to an activating group) is 1. The lowest BCUT2D eigenvalue weighted by Crippen LogP contribution is -2.59. The summed E-state index contributed by atoms with van der Waals surface area (Å²) in [5.74, 6) is -0.0449. The molecule has 172 valence electrons. The summed E-state index contributed by atoms with van der Waals surface area (Å²) in [5, 5.41) is 9.28. The molecule has 1 amide bonds. The lowest BCUT2D eigenvalue weighted by Gasteiger charge is -2.51. The average Bonchev–Trinajstić information content (AvgIpc) is 3.58. The van der Waals surface area contributed by atoms with Crippen molar-refractivity contribution in [1.82, 2.24) is 14.9 Å². The molecule has 0 spiro atoms. The van der Waals surface area contributed by atoms with E-state index in [0.29, 0.717) is 41.9 Å². The van der Waals surface area contributed by atoms with E-state index >= 15 is 0 Å². The molecule has 2 aromatic heterocycles. The molecule has 6 rings (SSSR count). The number of pyridine rings is 2. The number of fused-ring (bicyclic) bond motifs is 4. The average molecular weight is 445 g/mol. The van der Waals surface area contributed by atoms with Crippen LogP contribution < -0.4 is 10.5 Å². The maximum Gasteiger partial charge on any atom is 0.407 e. The first-order valence-corrected chi connectivity index (χ1v) is 11.2. The molecule has 2 saturated carbocycles. The number of nitrogens with two attached hydrogens (primary N) is 1. The molecule has 2 saturated heterocycles. The highest BCUT2D eigenvalue weighted by atomic mass is 19.1. The Morgan fingerprint density at radius 3 is 2.66 bits per heavy atom. The molecule has 2 aromatic rings. The fourth-order valence-electron chi connectivity index (χ4n) is 4.99. The molecule has 2 aliphatic heterocycles.